The lowest BCUT2D eigenvalue weighted by atomic mass is 10.1. The summed E-state index contributed by atoms with van der Waals surface area (Å²) in [6.45, 7) is 2.58. The Balaban J connectivity index is 1.35. The van der Waals surface area contributed by atoms with Crippen LogP contribution in [0, 0.1) is 0 Å². The zero-order valence-electron chi connectivity index (χ0n) is 18.6. The number of carbonyl (C=O) groups is 3. The average Bonchev–Trinajstić information content (AvgIpc) is 3.45. The van der Waals surface area contributed by atoms with Gasteiger partial charge in [0.25, 0.3) is 0 Å². The first-order valence-corrected chi connectivity index (χ1v) is 11.3. The third-order valence-electron chi connectivity index (χ3n) is 5.91. The van der Waals surface area contributed by atoms with Crippen LogP contribution in [0.4, 0.5) is 5.69 Å². The number of amides is 2. The van der Waals surface area contributed by atoms with Crippen molar-refractivity contribution in [1.82, 2.24) is 10.2 Å². The Morgan fingerprint density at radius 3 is 2.55 bits per heavy atom. The first-order valence-electron chi connectivity index (χ1n) is 11.3. The van der Waals surface area contributed by atoms with Crippen LogP contribution in [0.15, 0.2) is 60.7 Å². The summed E-state index contributed by atoms with van der Waals surface area (Å²) < 4.78 is 11.0. The number of benzene rings is 2. The van der Waals surface area contributed by atoms with E-state index in [1.807, 2.05) is 60.7 Å². The van der Waals surface area contributed by atoms with Gasteiger partial charge < -0.3 is 25.0 Å². The third-order valence-corrected chi connectivity index (χ3v) is 5.91. The number of esters is 1. The van der Waals surface area contributed by atoms with E-state index in [0.717, 1.165) is 17.7 Å². The number of rotatable bonds is 8. The molecular formula is C25H29N3O5. The van der Waals surface area contributed by atoms with E-state index in [1.54, 1.807) is 11.8 Å². The van der Waals surface area contributed by atoms with Crippen LogP contribution in [0.2, 0.25) is 0 Å². The number of nitrogens with one attached hydrogen (secondary N) is 2. The van der Waals surface area contributed by atoms with Crippen molar-refractivity contribution in [2.75, 3.05) is 11.9 Å². The Morgan fingerprint density at radius 1 is 1.12 bits per heavy atom. The van der Waals surface area contributed by atoms with Gasteiger partial charge in [-0.15, -0.1) is 0 Å². The topological polar surface area (TPSA) is 97.0 Å². The summed E-state index contributed by atoms with van der Waals surface area (Å²) >= 11 is 0. The minimum Gasteiger partial charge on any atom is -0.433 e. The van der Waals surface area contributed by atoms with E-state index >= 15 is 0 Å². The number of nitrogens with zero attached hydrogens (tertiary/aromatic N) is 1. The summed E-state index contributed by atoms with van der Waals surface area (Å²) in [5.41, 5.74) is 1.79. The molecule has 33 heavy (non-hydrogen) atoms. The highest BCUT2D eigenvalue weighted by atomic mass is 16.7. The smallest absolute Gasteiger partial charge is 0.310 e. The van der Waals surface area contributed by atoms with E-state index < -0.39 is 30.4 Å². The van der Waals surface area contributed by atoms with Crippen LogP contribution in [0.1, 0.15) is 31.7 Å². The fraction of sp³-hybridized carbons (Fsp3) is 0.400. The third kappa shape index (κ3) is 5.70. The van der Waals surface area contributed by atoms with Crippen molar-refractivity contribution in [3.8, 4) is 0 Å². The van der Waals surface area contributed by atoms with Crippen molar-refractivity contribution in [1.29, 1.82) is 0 Å². The van der Waals surface area contributed by atoms with Crippen LogP contribution in [0.3, 0.4) is 0 Å². The molecule has 2 aromatic carbocycles. The van der Waals surface area contributed by atoms with Crippen molar-refractivity contribution < 1.29 is 23.9 Å². The van der Waals surface area contributed by atoms with Gasteiger partial charge in [0.15, 0.2) is 0 Å². The van der Waals surface area contributed by atoms with Crippen LogP contribution < -0.4 is 10.6 Å². The van der Waals surface area contributed by atoms with Crippen molar-refractivity contribution in [2.24, 2.45) is 0 Å². The number of hydrogen-bond donors (Lipinski definition) is 2. The maximum absolute atomic E-state index is 13.1. The molecule has 0 aromatic heterocycles. The summed E-state index contributed by atoms with van der Waals surface area (Å²) in [5, 5.41) is 6.08. The van der Waals surface area contributed by atoms with Gasteiger partial charge in [0.1, 0.15) is 18.1 Å². The molecule has 174 valence electrons. The average molecular weight is 452 g/mol. The molecule has 2 amide bonds. The molecule has 4 atom stereocenters. The van der Waals surface area contributed by atoms with Crippen LogP contribution in [-0.2, 0) is 30.5 Å². The summed E-state index contributed by atoms with van der Waals surface area (Å²) in [7, 11) is 0. The van der Waals surface area contributed by atoms with Crippen molar-refractivity contribution in [3.05, 3.63) is 66.2 Å². The molecule has 3 unspecified atom stereocenters. The molecule has 2 N–H and O–H groups in total. The number of likely N-dealkylation sites (tertiary alicyclic amines) is 1. The number of carbonyl (C=O) groups excluding carboxylic acids is 3. The fourth-order valence-corrected chi connectivity index (χ4v) is 4.23. The van der Waals surface area contributed by atoms with Gasteiger partial charge in [0.05, 0.1) is 13.0 Å². The van der Waals surface area contributed by atoms with E-state index in [1.165, 1.54) is 0 Å². The van der Waals surface area contributed by atoms with Crippen molar-refractivity contribution in [3.63, 3.8) is 0 Å². The Bertz CT molecular complexity index is 969. The maximum Gasteiger partial charge on any atom is 0.310 e. The van der Waals surface area contributed by atoms with Gasteiger partial charge >= 0.3 is 5.97 Å². The predicted molar refractivity (Wildman–Crippen MR) is 122 cm³/mol. The molecule has 0 saturated carbocycles. The molecule has 8 nitrogen and oxygen atoms in total. The number of anilines is 1. The molecule has 0 radical (unpaired) electrons. The van der Waals surface area contributed by atoms with Gasteiger partial charge in [0, 0.05) is 12.2 Å². The number of ether oxygens (including phenoxy) is 2. The standard InChI is InChI=1S/C25H29N3O5/c1-17(26-19-11-6-3-7-12-19)24(31)28-14-8-13-21(28)23(30)27-20-15-22(29)33-25(20)32-16-18-9-4-2-5-10-18/h2-7,9-12,17,20-21,25-26H,8,13-16H2,1H3,(H,27,30)/t17-,20?,21?,25?/m0/s1. The summed E-state index contributed by atoms with van der Waals surface area (Å²) in [4.78, 5) is 39.6. The largest absolute Gasteiger partial charge is 0.433 e. The summed E-state index contributed by atoms with van der Waals surface area (Å²) in [6.07, 6.45) is 0.506. The summed E-state index contributed by atoms with van der Waals surface area (Å²) in [6, 6.07) is 17.4. The lowest BCUT2D eigenvalue weighted by molar-refractivity contribution is -0.168. The molecule has 4 rings (SSSR count). The molecule has 2 aliphatic heterocycles. The molecular weight excluding hydrogens is 422 g/mol. The quantitative estimate of drug-likeness (QED) is 0.599. The lowest BCUT2D eigenvalue weighted by Gasteiger charge is -2.29. The lowest BCUT2D eigenvalue weighted by Crippen LogP contribution is -2.53. The number of hydrogen-bond acceptors (Lipinski definition) is 6. The minimum atomic E-state index is -0.856. The molecule has 2 fully saturated rings. The highest BCUT2D eigenvalue weighted by Crippen LogP contribution is 2.23. The monoisotopic (exact) mass is 451 g/mol. The summed E-state index contributed by atoms with van der Waals surface area (Å²) in [5.74, 6) is -0.838. The molecule has 2 aromatic rings. The molecule has 8 heteroatoms. The molecule has 2 heterocycles. The van der Waals surface area contributed by atoms with Gasteiger partial charge in [-0.25, -0.2) is 0 Å². The van der Waals surface area contributed by atoms with E-state index in [9.17, 15) is 14.4 Å². The van der Waals surface area contributed by atoms with E-state index in [-0.39, 0.29) is 24.8 Å². The zero-order chi connectivity index (χ0) is 23.2. The van der Waals surface area contributed by atoms with Crippen molar-refractivity contribution in [2.45, 2.75) is 57.2 Å². The van der Waals surface area contributed by atoms with E-state index in [2.05, 4.69) is 10.6 Å². The minimum absolute atomic E-state index is 0.0395. The second-order valence-corrected chi connectivity index (χ2v) is 8.40. The predicted octanol–water partition coefficient (Wildman–Crippen LogP) is 2.45. The normalized spacial score (nSPS) is 23.1. The molecule has 0 aliphatic carbocycles. The second kappa shape index (κ2) is 10.5. The van der Waals surface area contributed by atoms with Crippen LogP contribution in [-0.4, -0.2) is 53.6 Å². The fourth-order valence-electron chi connectivity index (χ4n) is 4.23. The highest BCUT2D eigenvalue weighted by Gasteiger charge is 2.41. The van der Waals surface area contributed by atoms with Crippen molar-refractivity contribution >= 4 is 23.5 Å². The van der Waals surface area contributed by atoms with Crippen LogP contribution in [0.5, 0.6) is 0 Å². The number of para-hydroxylation sites is 1. The van der Waals surface area contributed by atoms with Crippen LogP contribution in [0.25, 0.3) is 0 Å². The zero-order valence-corrected chi connectivity index (χ0v) is 18.6. The Hall–Kier alpha value is -3.39. The van der Waals surface area contributed by atoms with Gasteiger partial charge in [-0.3, -0.25) is 14.4 Å². The first kappa shape index (κ1) is 22.8. The van der Waals surface area contributed by atoms with E-state index in [0.29, 0.717) is 13.0 Å². The van der Waals surface area contributed by atoms with Crippen LogP contribution >= 0.6 is 0 Å². The Labute approximate surface area is 193 Å². The van der Waals surface area contributed by atoms with Gasteiger partial charge in [0.2, 0.25) is 18.1 Å². The molecule has 2 aliphatic rings. The van der Waals surface area contributed by atoms with Gasteiger partial charge in [-0.1, -0.05) is 48.5 Å². The first-order chi connectivity index (χ1) is 16.0. The van der Waals surface area contributed by atoms with E-state index in [4.69, 9.17) is 9.47 Å². The van der Waals surface area contributed by atoms with Gasteiger partial charge in [-0.05, 0) is 37.5 Å². The SMILES string of the molecule is C[C@H](Nc1ccccc1)C(=O)N1CCCC1C(=O)NC1CC(=O)OC1OCc1ccccc1. The number of cyclic esters (lactones) is 1. The molecule has 2 saturated heterocycles. The molecule has 0 bridgehead atoms. The second-order valence-electron chi connectivity index (χ2n) is 8.40. The Kier molecular flexibility index (Phi) is 7.24. The highest BCUT2D eigenvalue weighted by molar-refractivity contribution is 5.92. The molecule has 0 spiro atoms. The maximum atomic E-state index is 13.1. The Morgan fingerprint density at radius 2 is 1.82 bits per heavy atom. The van der Waals surface area contributed by atoms with Gasteiger partial charge in [-0.2, -0.15) is 0 Å².